The van der Waals surface area contributed by atoms with E-state index in [0.29, 0.717) is 0 Å². The van der Waals surface area contributed by atoms with Gasteiger partial charge in [0.05, 0.1) is 10.5 Å². The zero-order chi connectivity index (χ0) is 15.7. The van der Waals surface area contributed by atoms with Crippen molar-refractivity contribution in [3.05, 3.63) is 23.5 Å². The molecule has 0 amide bonds. The van der Waals surface area contributed by atoms with Gasteiger partial charge in [0.25, 0.3) is 0 Å². The molecule has 0 aliphatic heterocycles. The molecule has 0 aliphatic carbocycles. The van der Waals surface area contributed by atoms with Gasteiger partial charge in [-0.25, -0.2) is 12.8 Å². The van der Waals surface area contributed by atoms with E-state index < -0.39 is 21.4 Å². The first-order chi connectivity index (χ1) is 8.99. The van der Waals surface area contributed by atoms with Crippen molar-refractivity contribution in [3.8, 4) is 0 Å². The molecule has 3 N–H and O–H groups in total. The highest BCUT2D eigenvalue weighted by Crippen LogP contribution is 2.24. The highest BCUT2D eigenvalue weighted by Gasteiger charge is 2.29. The molecule has 0 saturated heterocycles. The van der Waals surface area contributed by atoms with Crippen LogP contribution in [0.15, 0.2) is 17.0 Å². The molecule has 0 bridgehead atoms. The van der Waals surface area contributed by atoms with E-state index >= 15 is 0 Å². The Morgan fingerprint density at radius 1 is 1.40 bits per heavy atom. The second-order valence-electron chi connectivity index (χ2n) is 5.36. The van der Waals surface area contributed by atoms with Crippen molar-refractivity contribution in [2.75, 3.05) is 18.8 Å². The summed E-state index contributed by atoms with van der Waals surface area (Å²) < 4.78 is 39.7. The fourth-order valence-corrected chi connectivity index (χ4v) is 3.42. The van der Waals surface area contributed by atoms with Crippen LogP contribution in [-0.2, 0) is 10.0 Å². The molecule has 0 aromatic heterocycles. The molecule has 1 rings (SSSR count). The highest BCUT2D eigenvalue weighted by molar-refractivity contribution is 7.89. The molecule has 0 saturated carbocycles. The van der Waals surface area contributed by atoms with Crippen LogP contribution in [-0.4, -0.2) is 36.5 Å². The average molecular weight is 304 g/mol. The SMILES string of the molecule is CCN(CC(C)(C)O)S(=O)(=O)c1cc(N)c(C)c(F)c1. The number of aliphatic hydroxyl groups is 1. The van der Waals surface area contributed by atoms with Crippen molar-refractivity contribution >= 4 is 15.7 Å². The summed E-state index contributed by atoms with van der Waals surface area (Å²) in [5.74, 6) is -0.664. The molecule has 0 atom stereocenters. The minimum Gasteiger partial charge on any atom is -0.398 e. The van der Waals surface area contributed by atoms with Gasteiger partial charge in [0.15, 0.2) is 0 Å². The molecule has 0 aliphatic rings. The summed E-state index contributed by atoms with van der Waals surface area (Å²) in [5, 5.41) is 9.78. The van der Waals surface area contributed by atoms with Gasteiger partial charge in [-0.3, -0.25) is 0 Å². The average Bonchev–Trinajstić information content (AvgIpc) is 2.30. The Kier molecular flexibility index (Phi) is 4.78. The lowest BCUT2D eigenvalue weighted by Crippen LogP contribution is -2.42. The normalized spacial score (nSPS) is 12.9. The van der Waals surface area contributed by atoms with Crippen LogP contribution in [0.3, 0.4) is 0 Å². The second kappa shape index (κ2) is 5.67. The van der Waals surface area contributed by atoms with Crippen molar-refractivity contribution in [2.24, 2.45) is 0 Å². The Bertz CT molecular complexity index is 571. The van der Waals surface area contributed by atoms with Gasteiger partial charge in [0, 0.05) is 24.3 Å². The fraction of sp³-hybridized carbons (Fsp3) is 0.538. The number of nitrogens with two attached hydrogens (primary N) is 1. The number of rotatable bonds is 5. The number of benzene rings is 1. The molecule has 0 unspecified atom stereocenters. The Morgan fingerprint density at radius 3 is 2.35 bits per heavy atom. The number of sulfonamides is 1. The largest absolute Gasteiger partial charge is 0.398 e. The maximum atomic E-state index is 13.7. The summed E-state index contributed by atoms with van der Waals surface area (Å²) >= 11 is 0. The molecular formula is C13H21FN2O3S. The standard InChI is InChI=1S/C13H21FN2O3S/c1-5-16(8-13(3,4)17)20(18,19)10-6-11(14)9(2)12(15)7-10/h6-7,17H,5,8,15H2,1-4H3. The van der Waals surface area contributed by atoms with E-state index in [4.69, 9.17) is 5.73 Å². The topological polar surface area (TPSA) is 83.6 Å². The van der Waals surface area contributed by atoms with Gasteiger partial charge in [-0.15, -0.1) is 0 Å². The first-order valence-corrected chi connectivity index (χ1v) is 7.71. The number of likely N-dealkylation sites (N-methyl/N-ethyl adjacent to an activating group) is 1. The van der Waals surface area contributed by atoms with Crippen molar-refractivity contribution in [2.45, 2.75) is 38.2 Å². The maximum absolute atomic E-state index is 13.7. The van der Waals surface area contributed by atoms with Crippen LogP contribution in [0.25, 0.3) is 0 Å². The van der Waals surface area contributed by atoms with Crippen LogP contribution in [0.5, 0.6) is 0 Å². The first-order valence-electron chi connectivity index (χ1n) is 6.27. The van der Waals surface area contributed by atoms with Crippen LogP contribution in [0.1, 0.15) is 26.3 Å². The molecular weight excluding hydrogens is 283 g/mol. The number of hydrogen-bond acceptors (Lipinski definition) is 4. The van der Waals surface area contributed by atoms with E-state index in [0.717, 1.165) is 10.4 Å². The Hall–Kier alpha value is -1.18. The van der Waals surface area contributed by atoms with E-state index in [9.17, 15) is 17.9 Å². The summed E-state index contributed by atoms with van der Waals surface area (Å²) in [7, 11) is -3.89. The molecule has 114 valence electrons. The van der Waals surface area contributed by atoms with E-state index in [2.05, 4.69) is 0 Å². The van der Waals surface area contributed by atoms with Gasteiger partial charge >= 0.3 is 0 Å². The molecule has 0 fully saturated rings. The van der Waals surface area contributed by atoms with Crippen LogP contribution in [0.4, 0.5) is 10.1 Å². The number of nitrogen functional groups attached to an aromatic ring is 1. The third-order valence-electron chi connectivity index (χ3n) is 2.91. The van der Waals surface area contributed by atoms with E-state index in [-0.39, 0.29) is 29.2 Å². The van der Waals surface area contributed by atoms with E-state index in [1.807, 2.05) is 0 Å². The Morgan fingerprint density at radius 2 is 1.95 bits per heavy atom. The molecule has 1 aromatic rings. The number of nitrogens with zero attached hydrogens (tertiary/aromatic N) is 1. The Balaban J connectivity index is 3.28. The third kappa shape index (κ3) is 3.68. The van der Waals surface area contributed by atoms with Crippen molar-refractivity contribution in [1.29, 1.82) is 0 Å². The number of halogens is 1. The number of anilines is 1. The van der Waals surface area contributed by atoms with Gasteiger partial charge in [-0.2, -0.15) is 4.31 Å². The zero-order valence-electron chi connectivity index (χ0n) is 12.1. The summed E-state index contributed by atoms with van der Waals surface area (Å²) in [6.07, 6.45) is 0. The monoisotopic (exact) mass is 304 g/mol. The van der Waals surface area contributed by atoms with Gasteiger partial charge in [0.2, 0.25) is 10.0 Å². The molecule has 7 heteroatoms. The number of hydrogen-bond donors (Lipinski definition) is 2. The van der Waals surface area contributed by atoms with Crippen LogP contribution >= 0.6 is 0 Å². The summed E-state index contributed by atoms with van der Waals surface area (Å²) in [4.78, 5) is -0.204. The smallest absolute Gasteiger partial charge is 0.243 e. The minimum absolute atomic E-state index is 0.0821. The lowest BCUT2D eigenvalue weighted by Gasteiger charge is -2.27. The lowest BCUT2D eigenvalue weighted by atomic mass is 10.1. The van der Waals surface area contributed by atoms with Crippen molar-refractivity contribution in [1.82, 2.24) is 4.31 Å². The van der Waals surface area contributed by atoms with Gasteiger partial charge in [-0.05, 0) is 32.9 Å². The van der Waals surface area contributed by atoms with Crippen LogP contribution < -0.4 is 5.73 Å². The van der Waals surface area contributed by atoms with Crippen LogP contribution in [0.2, 0.25) is 0 Å². The quantitative estimate of drug-likeness (QED) is 0.807. The van der Waals surface area contributed by atoms with Gasteiger partial charge < -0.3 is 10.8 Å². The molecule has 1 aromatic carbocycles. The Labute approximate surface area is 119 Å². The lowest BCUT2D eigenvalue weighted by molar-refractivity contribution is 0.0601. The summed E-state index contributed by atoms with van der Waals surface area (Å²) in [6.45, 7) is 6.24. The second-order valence-corrected chi connectivity index (χ2v) is 7.30. The predicted molar refractivity (Wildman–Crippen MR) is 76.3 cm³/mol. The predicted octanol–water partition coefficient (Wildman–Crippen LogP) is 1.50. The minimum atomic E-state index is -3.89. The molecule has 5 nitrogen and oxygen atoms in total. The van der Waals surface area contributed by atoms with E-state index in [1.54, 1.807) is 6.92 Å². The highest BCUT2D eigenvalue weighted by atomic mass is 32.2. The van der Waals surface area contributed by atoms with E-state index in [1.165, 1.54) is 26.8 Å². The molecule has 0 spiro atoms. The molecule has 20 heavy (non-hydrogen) atoms. The zero-order valence-corrected chi connectivity index (χ0v) is 13.0. The third-order valence-corrected chi connectivity index (χ3v) is 4.81. The van der Waals surface area contributed by atoms with Crippen molar-refractivity contribution < 1.29 is 17.9 Å². The van der Waals surface area contributed by atoms with Crippen LogP contribution in [0, 0.1) is 12.7 Å². The maximum Gasteiger partial charge on any atom is 0.243 e. The van der Waals surface area contributed by atoms with Crippen molar-refractivity contribution in [3.63, 3.8) is 0 Å². The summed E-state index contributed by atoms with van der Waals surface area (Å²) in [5.41, 5.74) is 4.74. The fourth-order valence-electron chi connectivity index (χ4n) is 1.77. The van der Waals surface area contributed by atoms with Gasteiger partial charge in [-0.1, -0.05) is 6.92 Å². The molecule has 0 heterocycles. The molecule has 0 radical (unpaired) electrons. The summed E-state index contributed by atoms with van der Waals surface area (Å²) in [6, 6.07) is 2.19. The van der Waals surface area contributed by atoms with Gasteiger partial charge in [0.1, 0.15) is 5.82 Å². The first kappa shape index (κ1) is 16.9.